The summed E-state index contributed by atoms with van der Waals surface area (Å²) < 4.78 is 5.85. The van der Waals surface area contributed by atoms with Crippen LogP contribution in [0.2, 0.25) is 16.6 Å². The van der Waals surface area contributed by atoms with Crippen LogP contribution in [0, 0.1) is 11.5 Å². The first-order valence-electron chi connectivity index (χ1n) is 7.89. The highest BCUT2D eigenvalue weighted by Gasteiger charge is 2.41. The third-order valence-corrected chi connectivity index (χ3v) is 11.0. The normalized spacial score (nSPS) is 12.2. The SMILES string of the molecule is CC(C)[Si](C#Cc1cc2ccccc2o1)(C(C)C)C(C)C. The highest BCUT2D eigenvalue weighted by Crippen LogP contribution is 2.40. The van der Waals surface area contributed by atoms with E-state index in [1.54, 1.807) is 0 Å². The number of para-hydroxylation sites is 1. The minimum atomic E-state index is -1.68. The van der Waals surface area contributed by atoms with E-state index in [4.69, 9.17) is 4.42 Å². The van der Waals surface area contributed by atoms with E-state index < -0.39 is 8.07 Å². The molecule has 0 amide bonds. The van der Waals surface area contributed by atoms with Gasteiger partial charge in [0.05, 0.1) is 0 Å². The monoisotopic (exact) mass is 298 g/mol. The average molecular weight is 299 g/mol. The van der Waals surface area contributed by atoms with Crippen LogP contribution in [0.15, 0.2) is 34.7 Å². The van der Waals surface area contributed by atoms with Crippen molar-refractivity contribution in [3.8, 4) is 11.5 Å². The Morgan fingerprint density at radius 1 is 0.905 bits per heavy atom. The van der Waals surface area contributed by atoms with Gasteiger partial charge in [-0.15, -0.1) is 5.54 Å². The van der Waals surface area contributed by atoms with Gasteiger partial charge in [-0.05, 0) is 28.6 Å². The fourth-order valence-electron chi connectivity index (χ4n) is 3.65. The van der Waals surface area contributed by atoms with Crippen molar-refractivity contribution < 1.29 is 4.42 Å². The lowest BCUT2D eigenvalue weighted by Crippen LogP contribution is -2.43. The molecule has 0 saturated carbocycles. The van der Waals surface area contributed by atoms with Crippen molar-refractivity contribution in [2.75, 3.05) is 0 Å². The van der Waals surface area contributed by atoms with Crippen LogP contribution in [0.4, 0.5) is 0 Å². The molecule has 112 valence electrons. The summed E-state index contributed by atoms with van der Waals surface area (Å²) in [5.41, 5.74) is 6.57. The predicted octanol–water partition coefficient (Wildman–Crippen LogP) is 6.00. The molecular formula is C19H26OSi. The molecule has 0 aliphatic carbocycles. The summed E-state index contributed by atoms with van der Waals surface area (Å²) in [6.07, 6.45) is 0. The summed E-state index contributed by atoms with van der Waals surface area (Å²) in [5.74, 6) is 4.17. The van der Waals surface area contributed by atoms with Crippen LogP contribution in [0.3, 0.4) is 0 Å². The molecule has 0 N–H and O–H groups in total. The maximum absolute atomic E-state index is 5.85. The Bertz CT molecular complexity index is 613. The van der Waals surface area contributed by atoms with Crippen molar-refractivity contribution in [2.45, 2.75) is 58.2 Å². The zero-order valence-corrected chi connectivity index (χ0v) is 15.0. The molecule has 0 radical (unpaired) electrons. The van der Waals surface area contributed by atoms with Crippen LogP contribution in [0.25, 0.3) is 11.0 Å². The van der Waals surface area contributed by atoms with Crippen LogP contribution in [0.5, 0.6) is 0 Å². The quantitative estimate of drug-likeness (QED) is 0.500. The third-order valence-electron chi connectivity index (χ3n) is 4.69. The van der Waals surface area contributed by atoms with Crippen molar-refractivity contribution in [1.29, 1.82) is 0 Å². The van der Waals surface area contributed by atoms with Crippen molar-refractivity contribution in [3.05, 3.63) is 36.1 Å². The summed E-state index contributed by atoms with van der Waals surface area (Å²) in [4.78, 5) is 0. The topological polar surface area (TPSA) is 13.1 Å². The molecule has 2 heteroatoms. The lowest BCUT2D eigenvalue weighted by molar-refractivity contribution is 0.601. The second-order valence-electron chi connectivity index (χ2n) is 6.80. The van der Waals surface area contributed by atoms with Crippen molar-refractivity contribution in [1.82, 2.24) is 0 Å². The Labute approximate surface area is 129 Å². The fraction of sp³-hybridized carbons (Fsp3) is 0.474. The molecule has 0 aliphatic heterocycles. The van der Waals surface area contributed by atoms with Gasteiger partial charge in [0.15, 0.2) is 5.76 Å². The largest absolute Gasteiger partial charge is 0.448 e. The number of rotatable bonds is 3. The van der Waals surface area contributed by atoms with E-state index in [1.165, 1.54) is 0 Å². The van der Waals surface area contributed by atoms with Gasteiger partial charge in [0.2, 0.25) is 0 Å². The predicted molar refractivity (Wildman–Crippen MR) is 94.1 cm³/mol. The lowest BCUT2D eigenvalue weighted by Gasteiger charge is -2.37. The third kappa shape index (κ3) is 2.94. The standard InChI is InChI=1S/C19H26OSi/c1-14(2)21(15(3)4,16(5)6)12-11-18-13-17-9-7-8-10-19(17)20-18/h7-10,13-16H,1-6H3. The van der Waals surface area contributed by atoms with Gasteiger partial charge in [0.1, 0.15) is 13.7 Å². The number of furan rings is 1. The molecule has 0 bridgehead atoms. The van der Waals surface area contributed by atoms with E-state index in [2.05, 4.69) is 65.1 Å². The van der Waals surface area contributed by atoms with E-state index >= 15 is 0 Å². The zero-order chi connectivity index (χ0) is 15.6. The Morgan fingerprint density at radius 3 is 2.00 bits per heavy atom. The highest BCUT2D eigenvalue weighted by atomic mass is 28.3. The minimum Gasteiger partial charge on any atom is -0.448 e. The van der Waals surface area contributed by atoms with E-state index in [1.807, 2.05) is 18.2 Å². The van der Waals surface area contributed by atoms with Crippen LogP contribution in [0.1, 0.15) is 47.3 Å². The zero-order valence-electron chi connectivity index (χ0n) is 14.0. The molecule has 1 aromatic heterocycles. The first-order valence-corrected chi connectivity index (χ1v) is 10.1. The van der Waals surface area contributed by atoms with Gasteiger partial charge >= 0.3 is 0 Å². The Morgan fingerprint density at radius 2 is 1.48 bits per heavy atom. The fourth-order valence-corrected chi connectivity index (χ4v) is 8.85. The number of fused-ring (bicyclic) bond motifs is 1. The molecular weight excluding hydrogens is 272 g/mol. The van der Waals surface area contributed by atoms with Gasteiger partial charge in [-0.1, -0.05) is 59.7 Å². The van der Waals surface area contributed by atoms with Gasteiger partial charge in [-0.25, -0.2) is 0 Å². The maximum atomic E-state index is 5.85. The Kier molecular flexibility index (Phi) is 4.63. The summed E-state index contributed by atoms with van der Waals surface area (Å²) in [7, 11) is -1.68. The second-order valence-corrected chi connectivity index (χ2v) is 12.4. The highest BCUT2D eigenvalue weighted by molar-refractivity contribution is 6.90. The van der Waals surface area contributed by atoms with Gasteiger partial charge in [0.25, 0.3) is 0 Å². The van der Waals surface area contributed by atoms with Gasteiger partial charge < -0.3 is 4.42 Å². The second kappa shape index (κ2) is 6.11. The number of benzene rings is 1. The van der Waals surface area contributed by atoms with Crippen LogP contribution >= 0.6 is 0 Å². The molecule has 0 saturated heterocycles. The summed E-state index contributed by atoms with van der Waals surface area (Å²) in [6, 6.07) is 10.2. The molecule has 0 fully saturated rings. The van der Waals surface area contributed by atoms with E-state index in [0.29, 0.717) is 16.6 Å². The van der Waals surface area contributed by atoms with Crippen LogP contribution in [-0.2, 0) is 0 Å². The van der Waals surface area contributed by atoms with Gasteiger partial charge in [-0.3, -0.25) is 0 Å². The van der Waals surface area contributed by atoms with Gasteiger partial charge in [0, 0.05) is 11.5 Å². The first-order chi connectivity index (χ1) is 9.87. The number of hydrogen-bond donors (Lipinski definition) is 0. The molecule has 0 atom stereocenters. The van der Waals surface area contributed by atoms with E-state index in [0.717, 1.165) is 16.7 Å². The summed E-state index contributed by atoms with van der Waals surface area (Å²) in [6.45, 7) is 14.0. The van der Waals surface area contributed by atoms with Crippen LogP contribution < -0.4 is 0 Å². The Hall–Kier alpha value is -1.46. The minimum absolute atomic E-state index is 0.648. The molecule has 21 heavy (non-hydrogen) atoms. The first kappa shape index (κ1) is 15.9. The van der Waals surface area contributed by atoms with Gasteiger partial charge in [-0.2, -0.15) is 0 Å². The molecule has 1 aromatic carbocycles. The molecule has 2 rings (SSSR count). The average Bonchev–Trinajstić information content (AvgIpc) is 2.80. The van der Waals surface area contributed by atoms with E-state index in [9.17, 15) is 0 Å². The molecule has 1 nitrogen and oxygen atoms in total. The van der Waals surface area contributed by atoms with Crippen LogP contribution in [-0.4, -0.2) is 8.07 Å². The van der Waals surface area contributed by atoms with Crippen molar-refractivity contribution in [2.24, 2.45) is 0 Å². The number of hydrogen-bond acceptors (Lipinski definition) is 1. The molecule has 0 aliphatic rings. The molecule has 2 aromatic rings. The summed E-state index contributed by atoms with van der Waals surface area (Å²) in [5, 5.41) is 1.13. The molecule has 0 spiro atoms. The smallest absolute Gasteiger partial charge is 0.177 e. The summed E-state index contributed by atoms with van der Waals surface area (Å²) >= 11 is 0. The van der Waals surface area contributed by atoms with E-state index in [-0.39, 0.29) is 0 Å². The maximum Gasteiger partial charge on any atom is 0.177 e. The molecule has 1 heterocycles. The lowest BCUT2D eigenvalue weighted by atomic mass is 10.2. The molecule has 0 unspecified atom stereocenters. The Balaban J connectivity index is 2.46. The van der Waals surface area contributed by atoms with Crippen molar-refractivity contribution in [3.63, 3.8) is 0 Å². The van der Waals surface area contributed by atoms with Crippen molar-refractivity contribution >= 4 is 19.0 Å².